The van der Waals surface area contributed by atoms with Crippen molar-refractivity contribution in [1.29, 1.82) is 0 Å². The number of rotatable bonds is 7. The molecule has 1 aromatic carbocycles. The van der Waals surface area contributed by atoms with Crippen molar-refractivity contribution in [2.45, 2.75) is 12.6 Å². The van der Waals surface area contributed by atoms with Crippen LogP contribution < -0.4 is 11.1 Å². The van der Waals surface area contributed by atoms with E-state index in [1.165, 1.54) is 0 Å². The molecular weight excluding hydrogens is 346 g/mol. The van der Waals surface area contributed by atoms with Crippen LogP contribution in [0.25, 0.3) is 11.3 Å². The largest absolute Gasteiger partial charge is 0.394 e. The molecule has 0 fully saturated rings. The molecule has 140 valence electrons. The maximum absolute atomic E-state index is 12.6. The molecule has 2 heterocycles. The van der Waals surface area contributed by atoms with Crippen LogP contribution in [0.4, 0.5) is 5.95 Å². The van der Waals surface area contributed by atoms with Crippen molar-refractivity contribution in [3.8, 4) is 11.3 Å². The van der Waals surface area contributed by atoms with Crippen molar-refractivity contribution >= 4 is 11.9 Å². The van der Waals surface area contributed by atoms with Gasteiger partial charge in [0.05, 0.1) is 24.9 Å². The smallest absolute Gasteiger partial charge is 0.268 e. The van der Waals surface area contributed by atoms with Gasteiger partial charge >= 0.3 is 0 Å². The van der Waals surface area contributed by atoms with E-state index < -0.39 is 6.04 Å². The zero-order valence-corrected chi connectivity index (χ0v) is 14.8. The van der Waals surface area contributed by atoms with Crippen LogP contribution in [0.2, 0.25) is 0 Å². The number of hydrogen-bond donors (Lipinski definition) is 4. The van der Waals surface area contributed by atoms with E-state index in [0.29, 0.717) is 23.6 Å². The Morgan fingerprint density at radius 2 is 2.15 bits per heavy atom. The monoisotopic (exact) mass is 367 g/mol. The number of ether oxygens (including phenoxy) is 1. The van der Waals surface area contributed by atoms with Crippen LogP contribution in [0.1, 0.15) is 27.7 Å². The van der Waals surface area contributed by atoms with Crippen LogP contribution in [-0.4, -0.2) is 39.7 Å². The fraction of sp³-hybridized carbons (Fsp3) is 0.211. The first kappa shape index (κ1) is 18.6. The number of amides is 1. The van der Waals surface area contributed by atoms with Crippen molar-refractivity contribution in [2.24, 2.45) is 0 Å². The molecule has 8 heteroatoms. The van der Waals surface area contributed by atoms with E-state index in [0.717, 1.165) is 11.1 Å². The summed E-state index contributed by atoms with van der Waals surface area (Å²) >= 11 is 0. The van der Waals surface area contributed by atoms with E-state index in [1.807, 2.05) is 30.3 Å². The highest BCUT2D eigenvalue weighted by Gasteiger charge is 2.18. The topological polar surface area (TPSA) is 126 Å². The highest BCUT2D eigenvalue weighted by atomic mass is 16.5. The van der Waals surface area contributed by atoms with E-state index >= 15 is 0 Å². The Morgan fingerprint density at radius 1 is 1.37 bits per heavy atom. The molecule has 1 atom stereocenters. The Kier molecular flexibility index (Phi) is 5.80. The lowest BCUT2D eigenvalue weighted by Crippen LogP contribution is -2.30. The summed E-state index contributed by atoms with van der Waals surface area (Å²) in [5.74, 6) is -0.194. The average molecular weight is 367 g/mol. The molecule has 3 rings (SSSR count). The number of hydrogen-bond acceptors (Lipinski definition) is 6. The molecule has 0 saturated heterocycles. The predicted molar refractivity (Wildman–Crippen MR) is 101 cm³/mol. The van der Waals surface area contributed by atoms with Gasteiger partial charge in [-0.3, -0.25) is 4.79 Å². The van der Waals surface area contributed by atoms with Crippen LogP contribution in [0, 0.1) is 0 Å². The highest BCUT2D eigenvalue weighted by molar-refractivity contribution is 5.94. The Hall–Kier alpha value is -3.23. The number of aromatic amines is 1. The van der Waals surface area contributed by atoms with E-state index in [9.17, 15) is 9.90 Å². The Morgan fingerprint density at radius 3 is 2.85 bits per heavy atom. The highest BCUT2D eigenvalue weighted by Crippen LogP contribution is 2.24. The van der Waals surface area contributed by atoms with Crippen molar-refractivity contribution in [3.63, 3.8) is 0 Å². The molecular formula is C19H21N5O3. The molecule has 3 aromatic rings. The number of aliphatic hydroxyl groups excluding tert-OH is 1. The molecule has 0 saturated carbocycles. The Bertz CT molecular complexity index is 911. The summed E-state index contributed by atoms with van der Waals surface area (Å²) in [6.45, 7) is 0.118. The summed E-state index contributed by atoms with van der Waals surface area (Å²) in [5, 5.41) is 12.4. The van der Waals surface area contributed by atoms with Gasteiger partial charge in [0.1, 0.15) is 5.69 Å². The van der Waals surface area contributed by atoms with Crippen molar-refractivity contribution in [1.82, 2.24) is 20.3 Å². The van der Waals surface area contributed by atoms with E-state index in [1.54, 1.807) is 25.6 Å². The Balaban J connectivity index is 1.81. The maximum atomic E-state index is 12.6. The fourth-order valence-corrected chi connectivity index (χ4v) is 2.75. The minimum atomic E-state index is -0.496. The van der Waals surface area contributed by atoms with Gasteiger partial charge in [-0.15, -0.1) is 0 Å². The van der Waals surface area contributed by atoms with Gasteiger partial charge in [0.15, 0.2) is 0 Å². The third-order valence-corrected chi connectivity index (χ3v) is 4.07. The molecule has 0 aliphatic carbocycles. The molecule has 0 radical (unpaired) electrons. The number of nitrogen functional groups attached to an aromatic ring is 1. The number of nitrogens with two attached hydrogens (primary N) is 1. The second-order valence-corrected chi connectivity index (χ2v) is 5.96. The molecule has 8 nitrogen and oxygen atoms in total. The third kappa shape index (κ3) is 4.30. The number of H-pyrrole nitrogens is 1. The lowest BCUT2D eigenvalue weighted by atomic mass is 10.1. The van der Waals surface area contributed by atoms with Crippen LogP contribution in [0.3, 0.4) is 0 Å². The maximum Gasteiger partial charge on any atom is 0.268 e. The number of carbonyl (C=O) groups is 1. The van der Waals surface area contributed by atoms with Gasteiger partial charge in [-0.2, -0.15) is 0 Å². The minimum absolute atomic E-state index is 0.140. The molecule has 5 N–H and O–H groups in total. The molecule has 2 aromatic heterocycles. The minimum Gasteiger partial charge on any atom is -0.394 e. The lowest BCUT2D eigenvalue weighted by Gasteiger charge is -2.16. The SMILES string of the molecule is COCc1cnc(N)nc1-c1c[nH]c(C(=O)N[C@H](CO)c2ccccc2)c1. The summed E-state index contributed by atoms with van der Waals surface area (Å²) in [4.78, 5) is 23.7. The number of aliphatic hydroxyl groups is 1. The zero-order chi connectivity index (χ0) is 19.2. The second-order valence-electron chi connectivity index (χ2n) is 5.96. The fourth-order valence-electron chi connectivity index (χ4n) is 2.75. The average Bonchev–Trinajstić information content (AvgIpc) is 3.18. The molecule has 0 aliphatic heterocycles. The molecule has 27 heavy (non-hydrogen) atoms. The third-order valence-electron chi connectivity index (χ3n) is 4.07. The van der Waals surface area contributed by atoms with Crippen LogP contribution >= 0.6 is 0 Å². The summed E-state index contributed by atoms with van der Waals surface area (Å²) < 4.78 is 5.16. The molecule has 0 unspecified atom stereocenters. The van der Waals surface area contributed by atoms with Gasteiger partial charge in [-0.25, -0.2) is 9.97 Å². The van der Waals surface area contributed by atoms with E-state index in [4.69, 9.17) is 10.5 Å². The summed E-state index contributed by atoms with van der Waals surface area (Å²) in [6.07, 6.45) is 3.28. The van der Waals surface area contributed by atoms with Gasteiger partial charge in [0.2, 0.25) is 5.95 Å². The number of methoxy groups -OCH3 is 1. The van der Waals surface area contributed by atoms with Crippen LogP contribution in [-0.2, 0) is 11.3 Å². The van der Waals surface area contributed by atoms with Crippen molar-refractivity contribution in [2.75, 3.05) is 19.5 Å². The molecule has 0 spiro atoms. The first-order chi connectivity index (χ1) is 13.1. The summed E-state index contributed by atoms with van der Waals surface area (Å²) in [5.41, 5.74) is 8.92. The van der Waals surface area contributed by atoms with Crippen molar-refractivity contribution in [3.05, 3.63) is 65.6 Å². The van der Waals surface area contributed by atoms with E-state index in [2.05, 4.69) is 20.3 Å². The van der Waals surface area contributed by atoms with Gasteiger partial charge in [0.25, 0.3) is 5.91 Å². The predicted octanol–water partition coefficient (Wildman–Crippen LogP) is 1.66. The number of nitrogens with zero attached hydrogens (tertiary/aromatic N) is 2. The van der Waals surface area contributed by atoms with Gasteiger partial charge in [-0.05, 0) is 11.6 Å². The quantitative estimate of drug-likeness (QED) is 0.503. The number of carbonyl (C=O) groups excluding carboxylic acids is 1. The number of aromatic nitrogens is 3. The van der Waals surface area contributed by atoms with Gasteiger partial charge in [-0.1, -0.05) is 30.3 Å². The number of anilines is 1. The first-order valence-corrected chi connectivity index (χ1v) is 8.38. The standard InChI is InChI=1S/C19H21N5O3/c1-27-11-14-9-22-19(20)24-17(14)13-7-15(21-8-13)18(26)23-16(10-25)12-5-3-2-4-6-12/h2-9,16,21,25H,10-11H2,1H3,(H,23,26)(H2,20,22,24)/t16-/m1/s1. The van der Waals surface area contributed by atoms with Gasteiger partial charge in [0, 0.05) is 30.6 Å². The number of benzene rings is 1. The zero-order valence-electron chi connectivity index (χ0n) is 14.8. The van der Waals surface area contributed by atoms with Gasteiger partial charge < -0.3 is 25.9 Å². The lowest BCUT2D eigenvalue weighted by molar-refractivity contribution is 0.0912. The summed E-state index contributed by atoms with van der Waals surface area (Å²) in [6, 6.07) is 10.5. The molecule has 1 amide bonds. The van der Waals surface area contributed by atoms with Crippen LogP contribution in [0.5, 0.6) is 0 Å². The Labute approximate surface area is 156 Å². The second kappa shape index (κ2) is 8.43. The first-order valence-electron chi connectivity index (χ1n) is 8.38. The van der Waals surface area contributed by atoms with Crippen LogP contribution in [0.15, 0.2) is 48.8 Å². The summed E-state index contributed by atoms with van der Waals surface area (Å²) in [7, 11) is 1.58. The molecule has 0 bridgehead atoms. The number of nitrogens with one attached hydrogen (secondary N) is 2. The van der Waals surface area contributed by atoms with E-state index in [-0.39, 0.29) is 18.5 Å². The normalized spacial score (nSPS) is 11.9. The van der Waals surface area contributed by atoms with Crippen molar-refractivity contribution < 1.29 is 14.6 Å². The molecule has 0 aliphatic rings.